The van der Waals surface area contributed by atoms with Crippen molar-refractivity contribution in [2.45, 2.75) is 26.8 Å². The predicted molar refractivity (Wildman–Crippen MR) is 93.5 cm³/mol. The molecule has 0 bridgehead atoms. The highest BCUT2D eigenvalue weighted by Crippen LogP contribution is 2.37. The summed E-state index contributed by atoms with van der Waals surface area (Å²) in [5.41, 5.74) is 7.83. The number of nitrogens with two attached hydrogens (primary N) is 1. The Balaban J connectivity index is 1.94. The molecule has 3 rings (SSSR count). The van der Waals surface area contributed by atoms with Crippen LogP contribution in [0.3, 0.4) is 0 Å². The van der Waals surface area contributed by atoms with Gasteiger partial charge in [0.1, 0.15) is 10.7 Å². The molecule has 0 radical (unpaired) electrons. The summed E-state index contributed by atoms with van der Waals surface area (Å²) in [7, 11) is 1.68. The van der Waals surface area contributed by atoms with Crippen LogP contribution in [0.15, 0.2) is 6.07 Å². The lowest BCUT2D eigenvalue weighted by atomic mass is 10.0. The zero-order valence-corrected chi connectivity index (χ0v) is 15.1. The van der Waals surface area contributed by atoms with E-state index >= 15 is 0 Å². The van der Waals surface area contributed by atoms with Crippen molar-refractivity contribution < 1.29 is 14.4 Å². The van der Waals surface area contributed by atoms with Crippen LogP contribution in [-0.4, -0.2) is 38.9 Å². The molecule has 0 aliphatic carbocycles. The van der Waals surface area contributed by atoms with Crippen molar-refractivity contribution in [2.24, 2.45) is 12.8 Å². The summed E-state index contributed by atoms with van der Waals surface area (Å²) in [6.45, 7) is 4.27. The second-order valence-electron chi connectivity index (χ2n) is 6.01. The van der Waals surface area contributed by atoms with Crippen molar-refractivity contribution in [1.82, 2.24) is 14.7 Å². The van der Waals surface area contributed by atoms with Crippen LogP contribution >= 0.6 is 11.3 Å². The van der Waals surface area contributed by atoms with E-state index in [0.717, 1.165) is 16.1 Å². The monoisotopic (exact) mass is 361 g/mol. The number of thiophene rings is 1. The fourth-order valence-electron chi connectivity index (χ4n) is 3.01. The highest BCUT2D eigenvalue weighted by molar-refractivity contribution is 7.17. The van der Waals surface area contributed by atoms with Crippen LogP contribution in [0.5, 0.6) is 0 Å². The molecule has 3 heterocycles. The number of aromatic nitrogens is 2. The highest BCUT2D eigenvalue weighted by Gasteiger charge is 2.29. The lowest BCUT2D eigenvalue weighted by Crippen LogP contribution is -2.34. The molecular formula is C16H19N5O3S. The van der Waals surface area contributed by atoms with Crippen LogP contribution in [0.25, 0.3) is 0 Å². The van der Waals surface area contributed by atoms with Crippen LogP contribution in [0.4, 0.5) is 5.00 Å². The Bertz CT molecular complexity index is 883. The number of rotatable bonds is 3. The maximum absolute atomic E-state index is 12.5. The van der Waals surface area contributed by atoms with E-state index in [-0.39, 0.29) is 11.8 Å². The summed E-state index contributed by atoms with van der Waals surface area (Å²) < 4.78 is 1.49. The molecule has 0 unspecified atom stereocenters. The van der Waals surface area contributed by atoms with E-state index in [4.69, 9.17) is 5.73 Å². The zero-order chi connectivity index (χ0) is 18.3. The lowest BCUT2D eigenvalue weighted by Gasteiger charge is -2.25. The molecule has 8 nitrogen and oxygen atoms in total. The van der Waals surface area contributed by atoms with Crippen LogP contribution in [0.2, 0.25) is 0 Å². The second-order valence-corrected chi connectivity index (χ2v) is 7.12. The third-order valence-electron chi connectivity index (χ3n) is 4.21. The Kier molecular flexibility index (Phi) is 4.34. The van der Waals surface area contributed by atoms with Crippen LogP contribution in [-0.2, 0) is 24.8 Å². The number of amides is 3. The average Bonchev–Trinajstić information content (AvgIpc) is 3.05. The lowest BCUT2D eigenvalue weighted by molar-refractivity contribution is -0.129. The van der Waals surface area contributed by atoms with Crippen LogP contribution in [0.1, 0.15) is 43.9 Å². The first-order valence-electron chi connectivity index (χ1n) is 7.79. The molecule has 2 aromatic heterocycles. The van der Waals surface area contributed by atoms with E-state index in [2.05, 4.69) is 10.4 Å². The number of carbonyl (C=O) groups is 3. The van der Waals surface area contributed by atoms with E-state index in [0.29, 0.717) is 35.8 Å². The molecule has 1 aliphatic heterocycles. The van der Waals surface area contributed by atoms with Gasteiger partial charge in [-0.2, -0.15) is 5.10 Å². The Morgan fingerprint density at radius 2 is 2.08 bits per heavy atom. The summed E-state index contributed by atoms with van der Waals surface area (Å²) >= 11 is 1.29. The number of fused-ring (bicyclic) bond motifs is 1. The zero-order valence-electron chi connectivity index (χ0n) is 14.3. The van der Waals surface area contributed by atoms with Gasteiger partial charge in [0.05, 0.1) is 17.8 Å². The second kappa shape index (κ2) is 6.32. The SMILES string of the molecule is CC(=O)N1CCc2c(sc(NC(=O)c3cc(C)nn3C)c2C(N)=O)C1. The number of carbonyl (C=O) groups excluding carboxylic acids is 3. The molecule has 0 aromatic carbocycles. The molecule has 132 valence electrons. The Morgan fingerprint density at radius 3 is 2.64 bits per heavy atom. The van der Waals surface area contributed by atoms with Crippen molar-refractivity contribution in [2.75, 3.05) is 11.9 Å². The molecule has 2 aromatic rings. The summed E-state index contributed by atoms with van der Waals surface area (Å²) in [5.74, 6) is -0.950. The molecule has 0 spiro atoms. The number of nitrogens with zero attached hydrogens (tertiary/aromatic N) is 3. The maximum Gasteiger partial charge on any atom is 0.274 e. The van der Waals surface area contributed by atoms with Crippen molar-refractivity contribution in [3.63, 3.8) is 0 Å². The average molecular weight is 361 g/mol. The first-order chi connectivity index (χ1) is 11.8. The molecule has 25 heavy (non-hydrogen) atoms. The molecular weight excluding hydrogens is 342 g/mol. The van der Waals surface area contributed by atoms with Crippen molar-refractivity contribution in [1.29, 1.82) is 0 Å². The minimum absolute atomic E-state index is 0.0179. The minimum Gasteiger partial charge on any atom is -0.365 e. The van der Waals surface area contributed by atoms with Gasteiger partial charge < -0.3 is 16.0 Å². The van der Waals surface area contributed by atoms with E-state index in [1.54, 1.807) is 24.9 Å². The van der Waals surface area contributed by atoms with Gasteiger partial charge in [-0.3, -0.25) is 19.1 Å². The number of aryl methyl sites for hydroxylation is 2. The van der Waals surface area contributed by atoms with E-state index in [1.807, 2.05) is 0 Å². The number of primary amides is 1. The smallest absolute Gasteiger partial charge is 0.274 e. The predicted octanol–water partition coefficient (Wildman–Crippen LogP) is 1.05. The molecule has 0 saturated carbocycles. The molecule has 0 saturated heterocycles. The fourth-order valence-corrected chi connectivity index (χ4v) is 4.27. The maximum atomic E-state index is 12.5. The first-order valence-corrected chi connectivity index (χ1v) is 8.61. The first kappa shape index (κ1) is 17.2. The molecule has 1 aliphatic rings. The molecule has 3 N–H and O–H groups in total. The van der Waals surface area contributed by atoms with E-state index < -0.39 is 5.91 Å². The van der Waals surface area contributed by atoms with Crippen molar-refractivity contribution in [3.8, 4) is 0 Å². The van der Waals surface area contributed by atoms with Crippen molar-refractivity contribution in [3.05, 3.63) is 33.5 Å². The molecule has 9 heteroatoms. The topological polar surface area (TPSA) is 110 Å². The Morgan fingerprint density at radius 1 is 1.36 bits per heavy atom. The number of anilines is 1. The summed E-state index contributed by atoms with van der Waals surface area (Å²) in [6, 6.07) is 1.67. The van der Waals surface area contributed by atoms with Gasteiger partial charge in [-0.1, -0.05) is 0 Å². The largest absolute Gasteiger partial charge is 0.365 e. The quantitative estimate of drug-likeness (QED) is 0.851. The third-order valence-corrected chi connectivity index (χ3v) is 5.34. The van der Waals surface area contributed by atoms with E-state index in [9.17, 15) is 14.4 Å². The summed E-state index contributed by atoms with van der Waals surface area (Å²) in [5, 5.41) is 7.35. The van der Waals surface area contributed by atoms with Gasteiger partial charge in [0.25, 0.3) is 11.8 Å². The van der Waals surface area contributed by atoms with Crippen molar-refractivity contribution >= 4 is 34.1 Å². The van der Waals surface area contributed by atoms with Gasteiger partial charge in [0.2, 0.25) is 5.91 Å². The van der Waals surface area contributed by atoms with Gasteiger partial charge in [-0.05, 0) is 25.0 Å². The molecule has 0 fully saturated rings. The van der Waals surface area contributed by atoms with E-state index in [1.165, 1.54) is 22.9 Å². The third kappa shape index (κ3) is 3.14. The Hall–Kier alpha value is -2.68. The number of hydrogen-bond donors (Lipinski definition) is 2. The van der Waals surface area contributed by atoms with Gasteiger partial charge >= 0.3 is 0 Å². The van der Waals surface area contributed by atoms with Gasteiger partial charge in [-0.25, -0.2) is 0 Å². The summed E-state index contributed by atoms with van der Waals surface area (Å²) in [6.07, 6.45) is 0.546. The van der Waals surface area contributed by atoms with Crippen LogP contribution < -0.4 is 11.1 Å². The van der Waals surface area contributed by atoms with Crippen LogP contribution in [0, 0.1) is 6.92 Å². The van der Waals surface area contributed by atoms with Gasteiger partial charge in [-0.15, -0.1) is 11.3 Å². The fraction of sp³-hybridized carbons (Fsp3) is 0.375. The highest BCUT2D eigenvalue weighted by atomic mass is 32.1. The van der Waals surface area contributed by atoms with Gasteiger partial charge in [0.15, 0.2) is 0 Å². The normalized spacial score (nSPS) is 13.5. The summed E-state index contributed by atoms with van der Waals surface area (Å²) in [4.78, 5) is 38.7. The number of nitrogens with one attached hydrogen (secondary N) is 1. The van der Waals surface area contributed by atoms with Gasteiger partial charge in [0, 0.05) is 25.4 Å². The Labute approximate surface area is 148 Å². The molecule has 3 amide bonds. The minimum atomic E-state index is -0.578. The standard InChI is InChI=1S/C16H19N5O3S/c1-8-6-11(20(3)19-8)15(24)18-16-13(14(17)23)10-4-5-21(9(2)22)7-12(10)25-16/h6H,4-5,7H2,1-3H3,(H2,17,23)(H,18,24). The molecule has 0 atom stereocenters. The number of hydrogen-bond acceptors (Lipinski definition) is 5.